The number of carbonyl (C=O) groups excluding carboxylic acids is 1. The van der Waals surface area contributed by atoms with E-state index in [1.807, 2.05) is 37.1 Å². The van der Waals surface area contributed by atoms with Gasteiger partial charge in [-0.25, -0.2) is 0 Å². The molecule has 2 nitrogen and oxygen atoms in total. The highest BCUT2D eigenvalue weighted by molar-refractivity contribution is 9.10. The lowest BCUT2D eigenvalue weighted by Crippen LogP contribution is -2.33. The summed E-state index contributed by atoms with van der Waals surface area (Å²) in [6.45, 7) is 2.89. The summed E-state index contributed by atoms with van der Waals surface area (Å²) in [5.41, 5.74) is 1.86. The monoisotopic (exact) mass is 323 g/mol. The first-order valence-electron chi connectivity index (χ1n) is 7.09. The quantitative estimate of drug-likeness (QED) is 0.806. The number of hydrogen-bond acceptors (Lipinski definition) is 1. The predicted octanol–water partition coefficient (Wildman–Crippen LogP) is 4.41. The van der Waals surface area contributed by atoms with Crippen LogP contribution in [0.1, 0.15) is 48.0 Å². The molecule has 0 aliphatic heterocycles. The summed E-state index contributed by atoms with van der Waals surface area (Å²) in [5, 5.41) is 0. The molecule has 0 atom stereocenters. The molecule has 1 amide bonds. The van der Waals surface area contributed by atoms with Crippen molar-refractivity contribution in [1.82, 2.24) is 4.90 Å². The van der Waals surface area contributed by atoms with Crippen molar-refractivity contribution in [2.75, 3.05) is 13.6 Å². The number of carbonyl (C=O) groups is 1. The molecule has 2 rings (SSSR count). The molecular weight excluding hydrogens is 302 g/mol. The van der Waals surface area contributed by atoms with Crippen LogP contribution in [0.15, 0.2) is 22.7 Å². The van der Waals surface area contributed by atoms with Crippen LogP contribution in [0.25, 0.3) is 0 Å². The van der Waals surface area contributed by atoms with Crippen molar-refractivity contribution in [2.45, 2.75) is 39.0 Å². The standard InChI is InChI=1S/C16H22BrNO/c1-12-8-9-14(17)10-15(12)16(19)18(2)11-13-6-4-3-5-7-13/h8-10,13H,3-7,11H2,1-2H3. The van der Waals surface area contributed by atoms with Crippen molar-refractivity contribution in [2.24, 2.45) is 5.92 Å². The predicted molar refractivity (Wildman–Crippen MR) is 82.4 cm³/mol. The molecule has 0 aromatic heterocycles. The summed E-state index contributed by atoms with van der Waals surface area (Å²) in [5.74, 6) is 0.833. The van der Waals surface area contributed by atoms with E-state index in [0.29, 0.717) is 5.92 Å². The van der Waals surface area contributed by atoms with Gasteiger partial charge in [-0.1, -0.05) is 41.3 Å². The van der Waals surface area contributed by atoms with Gasteiger partial charge in [-0.15, -0.1) is 0 Å². The molecule has 0 radical (unpaired) electrons. The molecule has 0 N–H and O–H groups in total. The molecule has 1 aromatic carbocycles. The van der Waals surface area contributed by atoms with Crippen molar-refractivity contribution < 1.29 is 4.79 Å². The molecule has 0 saturated heterocycles. The van der Waals surface area contributed by atoms with E-state index in [1.54, 1.807) is 0 Å². The minimum atomic E-state index is 0.143. The Morgan fingerprint density at radius 1 is 1.32 bits per heavy atom. The number of rotatable bonds is 3. The van der Waals surface area contributed by atoms with Crippen LogP contribution < -0.4 is 0 Å². The summed E-state index contributed by atoms with van der Waals surface area (Å²) in [6.07, 6.45) is 6.55. The Bertz CT molecular complexity index is 452. The average Bonchev–Trinajstić information content (AvgIpc) is 2.42. The van der Waals surface area contributed by atoms with E-state index in [9.17, 15) is 4.79 Å². The molecule has 19 heavy (non-hydrogen) atoms. The lowest BCUT2D eigenvalue weighted by molar-refractivity contribution is 0.0760. The van der Waals surface area contributed by atoms with Crippen LogP contribution in [-0.4, -0.2) is 24.4 Å². The van der Waals surface area contributed by atoms with Gasteiger partial charge in [-0.05, 0) is 43.4 Å². The summed E-state index contributed by atoms with van der Waals surface area (Å²) in [4.78, 5) is 14.4. The number of amides is 1. The first-order valence-corrected chi connectivity index (χ1v) is 7.89. The molecule has 0 bridgehead atoms. The first kappa shape index (κ1) is 14.6. The molecule has 0 spiro atoms. The summed E-state index contributed by atoms with van der Waals surface area (Å²) in [6, 6.07) is 5.90. The Morgan fingerprint density at radius 2 is 2.00 bits per heavy atom. The third-order valence-electron chi connectivity index (χ3n) is 4.03. The highest BCUT2D eigenvalue weighted by Gasteiger charge is 2.20. The number of benzene rings is 1. The molecule has 1 saturated carbocycles. The zero-order valence-electron chi connectivity index (χ0n) is 11.8. The van der Waals surface area contributed by atoms with Gasteiger partial charge in [0.05, 0.1) is 0 Å². The Kier molecular flexibility index (Phi) is 5.03. The third-order valence-corrected chi connectivity index (χ3v) is 4.53. The van der Waals surface area contributed by atoms with Gasteiger partial charge < -0.3 is 4.90 Å². The van der Waals surface area contributed by atoms with Crippen molar-refractivity contribution >= 4 is 21.8 Å². The molecule has 104 valence electrons. The van der Waals surface area contributed by atoms with E-state index in [0.717, 1.165) is 22.1 Å². The summed E-state index contributed by atoms with van der Waals surface area (Å²) >= 11 is 3.44. The van der Waals surface area contributed by atoms with E-state index in [2.05, 4.69) is 15.9 Å². The second-order valence-corrected chi connectivity index (χ2v) is 6.56. The maximum absolute atomic E-state index is 12.5. The van der Waals surface area contributed by atoms with Crippen molar-refractivity contribution in [1.29, 1.82) is 0 Å². The zero-order chi connectivity index (χ0) is 13.8. The topological polar surface area (TPSA) is 20.3 Å². The van der Waals surface area contributed by atoms with Crippen LogP contribution in [-0.2, 0) is 0 Å². The first-order chi connectivity index (χ1) is 9.08. The SMILES string of the molecule is Cc1ccc(Br)cc1C(=O)N(C)CC1CCCCC1. The highest BCUT2D eigenvalue weighted by Crippen LogP contribution is 2.25. The second kappa shape index (κ2) is 6.56. The Balaban J connectivity index is 2.03. The minimum Gasteiger partial charge on any atom is -0.341 e. The molecule has 0 unspecified atom stereocenters. The fourth-order valence-electron chi connectivity index (χ4n) is 2.87. The van der Waals surface area contributed by atoms with Crippen LogP contribution in [0.3, 0.4) is 0 Å². The van der Waals surface area contributed by atoms with Crippen LogP contribution in [0.5, 0.6) is 0 Å². The smallest absolute Gasteiger partial charge is 0.253 e. The molecule has 1 aromatic rings. The van der Waals surface area contributed by atoms with Gasteiger partial charge in [-0.2, -0.15) is 0 Å². The molecule has 0 heterocycles. The lowest BCUT2D eigenvalue weighted by Gasteiger charge is -2.27. The summed E-state index contributed by atoms with van der Waals surface area (Å²) in [7, 11) is 1.93. The van der Waals surface area contributed by atoms with Gasteiger partial charge >= 0.3 is 0 Å². The highest BCUT2D eigenvalue weighted by atomic mass is 79.9. The number of aryl methyl sites for hydroxylation is 1. The van der Waals surface area contributed by atoms with Crippen LogP contribution in [0.4, 0.5) is 0 Å². The van der Waals surface area contributed by atoms with Crippen LogP contribution in [0.2, 0.25) is 0 Å². The largest absolute Gasteiger partial charge is 0.341 e. The van der Waals surface area contributed by atoms with E-state index >= 15 is 0 Å². The van der Waals surface area contributed by atoms with Gasteiger partial charge in [0.1, 0.15) is 0 Å². The van der Waals surface area contributed by atoms with E-state index in [1.165, 1.54) is 32.1 Å². The van der Waals surface area contributed by atoms with Gasteiger partial charge in [0.2, 0.25) is 0 Å². The molecule has 1 aliphatic rings. The van der Waals surface area contributed by atoms with Crippen LogP contribution >= 0.6 is 15.9 Å². The number of halogens is 1. The van der Waals surface area contributed by atoms with Gasteiger partial charge in [0.25, 0.3) is 5.91 Å². The normalized spacial score (nSPS) is 16.4. The fraction of sp³-hybridized carbons (Fsp3) is 0.562. The third kappa shape index (κ3) is 3.82. The molecule has 3 heteroatoms. The maximum atomic E-state index is 12.5. The zero-order valence-corrected chi connectivity index (χ0v) is 13.4. The molecule has 1 fully saturated rings. The summed E-state index contributed by atoms with van der Waals surface area (Å²) < 4.78 is 0.965. The fourth-order valence-corrected chi connectivity index (χ4v) is 3.23. The maximum Gasteiger partial charge on any atom is 0.253 e. The van der Waals surface area contributed by atoms with Gasteiger partial charge in [-0.3, -0.25) is 4.79 Å². The van der Waals surface area contributed by atoms with E-state index < -0.39 is 0 Å². The van der Waals surface area contributed by atoms with Crippen LogP contribution in [0, 0.1) is 12.8 Å². The van der Waals surface area contributed by atoms with Crippen molar-refractivity contribution in [3.05, 3.63) is 33.8 Å². The van der Waals surface area contributed by atoms with Crippen molar-refractivity contribution in [3.8, 4) is 0 Å². The van der Waals surface area contributed by atoms with E-state index in [-0.39, 0.29) is 5.91 Å². The minimum absolute atomic E-state index is 0.143. The second-order valence-electron chi connectivity index (χ2n) is 5.65. The Labute approximate surface area is 124 Å². The van der Waals surface area contributed by atoms with Gasteiger partial charge in [0.15, 0.2) is 0 Å². The molecular formula is C16H22BrNO. The van der Waals surface area contributed by atoms with E-state index in [4.69, 9.17) is 0 Å². The number of nitrogens with zero attached hydrogens (tertiary/aromatic N) is 1. The van der Waals surface area contributed by atoms with Crippen molar-refractivity contribution in [3.63, 3.8) is 0 Å². The average molecular weight is 324 g/mol. The molecule has 1 aliphatic carbocycles. The Morgan fingerprint density at radius 3 is 2.68 bits per heavy atom. The number of hydrogen-bond donors (Lipinski definition) is 0. The lowest BCUT2D eigenvalue weighted by atomic mass is 9.89. The Hall–Kier alpha value is -0.830. The van der Waals surface area contributed by atoms with Gasteiger partial charge in [0, 0.05) is 23.6 Å².